The molecule has 1 unspecified atom stereocenters. The first-order valence-corrected chi connectivity index (χ1v) is 7.77. The van der Waals surface area contributed by atoms with E-state index in [9.17, 15) is 0 Å². The lowest BCUT2D eigenvalue weighted by atomic mass is 10.0. The van der Waals surface area contributed by atoms with Crippen molar-refractivity contribution in [2.45, 2.75) is 13.0 Å². The molecule has 0 saturated carbocycles. The van der Waals surface area contributed by atoms with Crippen LogP contribution in [0.5, 0.6) is 0 Å². The van der Waals surface area contributed by atoms with Crippen molar-refractivity contribution in [3.8, 4) is 0 Å². The lowest BCUT2D eigenvalue weighted by Gasteiger charge is -2.12. The maximum absolute atomic E-state index is 3.53. The van der Waals surface area contributed by atoms with Crippen LogP contribution in [-0.4, -0.2) is 6.54 Å². The lowest BCUT2D eigenvalue weighted by molar-refractivity contribution is 0.618. The van der Waals surface area contributed by atoms with E-state index in [4.69, 9.17) is 0 Å². The molecule has 0 aliphatic rings. The predicted molar refractivity (Wildman–Crippen MR) is 95.8 cm³/mol. The molecule has 0 spiro atoms. The molecule has 0 radical (unpaired) electrons. The largest absolute Gasteiger partial charge is 0.307 e. The van der Waals surface area contributed by atoms with E-state index in [1.165, 1.54) is 21.9 Å². The number of benzene rings is 3. The Labute approximate surface area is 132 Å². The second-order valence-corrected chi connectivity index (χ2v) is 5.51. The Kier molecular flexibility index (Phi) is 4.67. The molecule has 1 nitrogen and oxygen atoms in total. The van der Waals surface area contributed by atoms with Crippen LogP contribution in [0.4, 0.5) is 0 Å². The summed E-state index contributed by atoms with van der Waals surface area (Å²) < 4.78 is 0. The average molecular weight is 287 g/mol. The van der Waals surface area contributed by atoms with Crippen LogP contribution in [0.3, 0.4) is 0 Å². The molecule has 22 heavy (non-hydrogen) atoms. The van der Waals surface area contributed by atoms with E-state index < -0.39 is 0 Å². The zero-order chi connectivity index (χ0) is 15.2. The van der Waals surface area contributed by atoms with Crippen LogP contribution < -0.4 is 5.32 Å². The third-order valence-corrected chi connectivity index (χ3v) is 3.96. The van der Waals surface area contributed by atoms with Crippen molar-refractivity contribution in [2.75, 3.05) is 6.54 Å². The number of hydrogen-bond donors (Lipinski definition) is 1. The van der Waals surface area contributed by atoms with Crippen molar-refractivity contribution in [2.24, 2.45) is 0 Å². The second-order valence-electron chi connectivity index (χ2n) is 5.51. The Bertz CT molecular complexity index is 754. The zero-order valence-electron chi connectivity index (χ0n) is 12.9. The van der Waals surface area contributed by atoms with Gasteiger partial charge in [-0.1, -0.05) is 84.9 Å². The molecule has 1 heteroatoms. The summed E-state index contributed by atoms with van der Waals surface area (Å²) in [6.07, 6.45) is 4.40. The van der Waals surface area contributed by atoms with Gasteiger partial charge in [-0.2, -0.15) is 0 Å². The minimum atomic E-state index is 0.360. The number of nitrogens with one attached hydrogen (secondary N) is 1. The highest BCUT2D eigenvalue weighted by Gasteiger charge is 2.01. The van der Waals surface area contributed by atoms with Gasteiger partial charge in [-0.15, -0.1) is 0 Å². The topological polar surface area (TPSA) is 12.0 Å². The van der Waals surface area contributed by atoms with E-state index in [1.54, 1.807) is 0 Å². The molecule has 0 fully saturated rings. The van der Waals surface area contributed by atoms with Crippen LogP contribution >= 0.6 is 0 Å². The molecule has 1 atom stereocenters. The maximum Gasteiger partial charge on any atom is 0.0294 e. The van der Waals surface area contributed by atoms with Gasteiger partial charge < -0.3 is 5.32 Å². The van der Waals surface area contributed by atoms with E-state index in [-0.39, 0.29) is 0 Å². The van der Waals surface area contributed by atoms with Crippen molar-refractivity contribution in [3.63, 3.8) is 0 Å². The van der Waals surface area contributed by atoms with Gasteiger partial charge in [0, 0.05) is 12.6 Å². The normalized spacial score (nSPS) is 12.8. The highest BCUT2D eigenvalue weighted by molar-refractivity contribution is 5.90. The fraction of sp³-hybridized carbons (Fsp3) is 0.143. The Morgan fingerprint density at radius 3 is 2.45 bits per heavy atom. The third-order valence-electron chi connectivity index (χ3n) is 3.96. The van der Waals surface area contributed by atoms with Gasteiger partial charge >= 0.3 is 0 Å². The molecule has 0 amide bonds. The molecular weight excluding hydrogens is 266 g/mol. The summed E-state index contributed by atoms with van der Waals surface area (Å²) >= 11 is 0. The van der Waals surface area contributed by atoms with Gasteiger partial charge in [0.1, 0.15) is 0 Å². The molecule has 0 aliphatic heterocycles. The van der Waals surface area contributed by atoms with Gasteiger partial charge in [-0.25, -0.2) is 0 Å². The van der Waals surface area contributed by atoms with Crippen molar-refractivity contribution in [1.29, 1.82) is 0 Å². The Balaban J connectivity index is 1.65. The summed E-state index contributed by atoms with van der Waals surface area (Å²) in [4.78, 5) is 0. The SMILES string of the molecule is CC(NCC=Cc1cccc2ccccc12)c1ccccc1. The molecule has 3 aromatic rings. The van der Waals surface area contributed by atoms with E-state index in [0.29, 0.717) is 6.04 Å². The monoisotopic (exact) mass is 287 g/mol. The van der Waals surface area contributed by atoms with Crippen molar-refractivity contribution in [3.05, 3.63) is 90.0 Å². The summed E-state index contributed by atoms with van der Waals surface area (Å²) in [5, 5.41) is 6.12. The molecule has 0 bridgehead atoms. The number of rotatable bonds is 5. The Hall–Kier alpha value is -2.38. The fourth-order valence-electron chi connectivity index (χ4n) is 2.69. The maximum atomic E-state index is 3.53. The average Bonchev–Trinajstić information content (AvgIpc) is 2.59. The van der Waals surface area contributed by atoms with E-state index in [0.717, 1.165) is 6.54 Å². The molecule has 3 rings (SSSR count). The Morgan fingerprint density at radius 1 is 0.864 bits per heavy atom. The van der Waals surface area contributed by atoms with Crippen LogP contribution in [0.1, 0.15) is 24.1 Å². The van der Waals surface area contributed by atoms with Gasteiger partial charge in [0.15, 0.2) is 0 Å². The highest BCUT2D eigenvalue weighted by atomic mass is 14.9. The van der Waals surface area contributed by atoms with Gasteiger partial charge in [0.25, 0.3) is 0 Å². The lowest BCUT2D eigenvalue weighted by Crippen LogP contribution is -2.18. The molecule has 110 valence electrons. The molecule has 0 aliphatic carbocycles. The highest BCUT2D eigenvalue weighted by Crippen LogP contribution is 2.19. The molecule has 0 saturated heterocycles. The molecule has 0 aromatic heterocycles. The van der Waals surface area contributed by atoms with E-state index in [1.807, 2.05) is 0 Å². The minimum Gasteiger partial charge on any atom is -0.307 e. The quantitative estimate of drug-likeness (QED) is 0.679. The van der Waals surface area contributed by atoms with Crippen molar-refractivity contribution in [1.82, 2.24) is 5.32 Å². The predicted octanol–water partition coefficient (Wildman–Crippen LogP) is 5.20. The third kappa shape index (κ3) is 3.44. The second kappa shape index (κ2) is 7.06. The van der Waals surface area contributed by atoms with Crippen molar-refractivity contribution < 1.29 is 0 Å². The van der Waals surface area contributed by atoms with Crippen molar-refractivity contribution >= 4 is 16.8 Å². The van der Waals surface area contributed by atoms with E-state index >= 15 is 0 Å². The van der Waals surface area contributed by atoms with Crippen LogP contribution in [-0.2, 0) is 0 Å². The van der Waals surface area contributed by atoms with Gasteiger partial charge in [-0.05, 0) is 28.8 Å². The zero-order valence-corrected chi connectivity index (χ0v) is 12.9. The van der Waals surface area contributed by atoms with Gasteiger partial charge in [0.2, 0.25) is 0 Å². The molecule has 1 N–H and O–H groups in total. The molecular formula is C21H21N. The smallest absolute Gasteiger partial charge is 0.0294 e. The standard InChI is InChI=1S/C21H21N/c1-17(18-9-3-2-4-10-18)22-16-8-14-20-13-7-12-19-11-5-6-15-21(19)20/h2-15,17,22H,16H2,1H3. The van der Waals surface area contributed by atoms with E-state index in [2.05, 4.69) is 97.2 Å². The summed E-state index contributed by atoms with van der Waals surface area (Å²) in [5.74, 6) is 0. The van der Waals surface area contributed by atoms with Gasteiger partial charge in [-0.3, -0.25) is 0 Å². The summed E-state index contributed by atoms with van der Waals surface area (Å²) in [5.41, 5.74) is 2.59. The molecule has 0 heterocycles. The Morgan fingerprint density at radius 2 is 1.59 bits per heavy atom. The summed E-state index contributed by atoms with van der Waals surface area (Å²) in [6.45, 7) is 3.06. The van der Waals surface area contributed by atoms with Crippen LogP contribution in [0.25, 0.3) is 16.8 Å². The van der Waals surface area contributed by atoms with Crippen LogP contribution in [0.2, 0.25) is 0 Å². The first kappa shape index (κ1) is 14.6. The van der Waals surface area contributed by atoms with Gasteiger partial charge in [0.05, 0.1) is 0 Å². The first-order valence-electron chi connectivity index (χ1n) is 7.77. The van der Waals surface area contributed by atoms with Crippen LogP contribution in [0, 0.1) is 0 Å². The summed E-state index contributed by atoms with van der Waals surface area (Å²) in [6, 6.07) is 25.8. The number of hydrogen-bond acceptors (Lipinski definition) is 1. The number of fused-ring (bicyclic) bond motifs is 1. The fourth-order valence-corrected chi connectivity index (χ4v) is 2.69. The first-order chi connectivity index (χ1) is 10.8. The summed E-state index contributed by atoms with van der Waals surface area (Å²) in [7, 11) is 0. The van der Waals surface area contributed by atoms with Crippen LogP contribution in [0.15, 0.2) is 78.9 Å². The minimum absolute atomic E-state index is 0.360. The molecule has 3 aromatic carbocycles.